The molecular formula is C23H44N3O+. The predicted molar refractivity (Wildman–Crippen MR) is 117 cm³/mol. The highest BCUT2D eigenvalue weighted by Gasteiger charge is 2.41. The summed E-state index contributed by atoms with van der Waals surface area (Å²) < 4.78 is 0.853. The molecule has 1 aliphatic rings. The molecule has 0 saturated heterocycles. The quantitative estimate of drug-likeness (QED) is 0.212. The van der Waals surface area contributed by atoms with E-state index in [1.807, 2.05) is 6.08 Å². The van der Waals surface area contributed by atoms with E-state index in [1.165, 1.54) is 76.5 Å². The zero-order chi connectivity index (χ0) is 20.0. The number of likely N-dealkylation sites (N-methyl/N-ethyl adjacent to an activating group) is 1. The van der Waals surface area contributed by atoms with Gasteiger partial charge >= 0.3 is 0 Å². The van der Waals surface area contributed by atoms with Crippen LogP contribution in [-0.2, 0) is 4.79 Å². The normalized spacial score (nSPS) is 20.3. The zero-order valence-corrected chi connectivity index (χ0v) is 18.3. The van der Waals surface area contributed by atoms with Crippen LogP contribution in [0.25, 0.3) is 0 Å². The number of amides is 1. The Balaban J connectivity index is 2.14. The summed E-state index contributed by atoms with van der Waals surface area (Å²) in [5, 5.41) is 3.10. The van der Waals surface area contributed by atoms with Gasteiger partial charge < -0.3 is 5.32 Å². The average molecular weight is 379 g/mol. The highest BCUT2D eigenvalue weighted by atomic mass is 16.1. The summed E-state index contributed by atoms with van der Waals surface area (Å²) in [6.07, 6.45) is 17.9. The SMILES string of the molecule is C=CCCCCCCCCCCCCC1=NCC[N+]1(CC)C(C)NC(C)=O. The summed E-state index contributed by atoms with van der Waals surface area (Å²) in [4.78, 5) is 16.3. The van der Waals surface area contributed by atoms with Crippen LogP contribution < -0.4 is 5.32 Å². The van der Waals surface area contributed by atoms with E-state index in [2.05, 4.69) is 25.7 Å². The third kappa shape index (κ3) is 8.59. The number of allylic oxidation sites excluding steroid dienone is 1. The molecule has 2 unspecified atom stereocenters. The first kappa shape index (κ1) is 23.9. The molecule has 1 rings (SSSR count). The molecule has 2 atom stereocenters. The number of hydrogen-bond donors (Lipinski definition) is 1. The number of rotatable bonds is 16. The van der Waals surface area contributed by atoms with Gasteiger partial charge in [-0.3, -0.25) is 9.28 Å². The van der Waals surface area contributed by atoms with Gasteiger partial charge in [0.25, 0.3) is 0 Å². The van der Waals surface area contributed by atoms with E-state index in [4.69, 9.17) is 4.99 Å². The Labute approximate surface area is 168 Å². The van der Waals surface area contributed by atoms with E-state index in [9.17, 15) is 4.79 Å². The number of aliphatic imine (C=N–C) groups is 1. The van der Waals surface area contributed by atoms with E-state index in [0.717, 1.165) is 30.5 Å². The van der Waals surface area contributed by atoms with Crippen LogP contribution in [0.2, 0.25) is 0 Å². The van der Waals surface area contributed by atoms with Crippen molar-refractivity contribution in [2.75, 3.05) is 19.6 Å². The summed E-state index contributed by atoms with van der Waals surface area (Å²) in [6, 6.07) is 0. The third-order valence-corrected chi connectivity index (χ3v) is 6.08. The minimum Gasteiger partial charge on any atom is -0.307 e. The lowest BCUT2D eigenvalue weighted by Crippen LogP contribution is -2.62. The van der Waals surface area contributed by atoms with Crippen molar-refractivity contribution in [3.63, 3.8) is 0 Å². The van der Waals surface area contributed by atoms with Crippen molar-refractivity contribution in [2.45, 2.75) is 104 Å². The van der Waals surface area contributed by atoms with Crippen LogP contribution in [0.3, 0.4) is 0 Å². The first-order valence-electron chi connectivity index (χ1n) is 11.4. The van der Waals surface area contributed by atoms with Crippen LogP contribution in [0.1, 0.15) is 97.8 Å². The van der Waals surface area contributed by atoms with Gasteiger partial charge in [0.15, 0.2) is 12.0 Å². The van der Waals surface area contributed by atoms with Crippen molar-refractivity contribution in [1.29, 1.82) is 0 Å². The Morgan fingerprint density at radius 3 is 2.19 bits per heavy atom. The molecule has 1 aliphatic heterocycles. The maximum atomic E-state index is 11.5. The number of hydrogen-bond acceptors (Lipinski definition) is 2. The number of quaternary nitrogens is 1. The maximum Gasteiger partial charge on any atom is 0.221 e. The Hall–Kier alpha value is -1.16. The summed E-state index contributed by atoms with van der Waals surface area (Å²) >= 11 is 0. The Bertz CT molecular complexity index is 461. The average Bonchev–Trinajstić information content (AvgIpc) is 3.06. The fraction of sp³-hybridized carbons (Fsp3) is 0.826. The van der Waals surface area contributed by atoms with Crippen molar-refractivity contribution in [3.8, 4) is 0 Å². The van der Waals surface area contributed by atoms with Gasteiger partial charge in [-0.15, -0.1) is 6.58 Å². The highest BCUT2D eigenvalue weighted by Crippen LogP contribution is 2.23. The number of carbonyl (C=O) groups excluding carboxylic acids is 1. The van der Waals surface area contributed by atoms with Crippen LogP contribution in [0, 0.1) is 0 Å². The summed E-state index contributed by atoms with van der Waals surface area (Å²) in [7, 11) is 0. The highest BCUT2D eigenvalue weighted by molar-refractivity contribution is 5.78. The molecule has 0 fully saturated rings. The van der Waals surface area contributed by atoms with Crippen LogP contribution in [0.5, 0.6) is 0 Å². The number of carbonyl (C=O) groups is 1. The van der Waals surface area contributed by atoms with Gasteiger partial charge in [0, 0.05) is 20.3 Å². The summed E-state index contributed by atoms with van der Waals surface area (Å²) in [5.74, 6) is 1.36. The molecule has 1 N–H and O–H groups in total. The second-order valence-electron chi connectivity index (χ2n) is 8.11. The monoisotopic (exact) mass is 378 g/mol. The molecule has 4 nitrogen and oxygen atoms in total. The van der Waals surface area contributed by atoms with E-state index in [0.29, 0.717) is 0 Å². The van der Waals surface area contributed by atoms with Gasteiger partial charge in [-0.2, -0.15) is 0 Å². The minimum absolute atomic E-state index is 0.0559. The Morgan fingerprint density at radius 2 is 1.67 bits per heavy atom. The van der Waals surface area contributed by atoms with Gasteiger partial charge in [0.2, 0.25) is 5.91 Å². The lowest BCUT2D eigenvalue weighted by atomic mass is 10.0. The zero-order valence-electron chi connectivity index (χ0n) is 18.3. The number of amidine groups is 1. The van der Waals surface area contributed by atoms with Gasteiger partial charge in [0.1, 0.15) is 6.54 Å². The molecular weight excluding hydrogens is 334 g/mol. The first-order valence-corrected chi connectivity index (χ1v) is 11.4. The smallest absolute Gasteiger partial charge is 0.221 e. The largest absolute Gasteiger partial charge is 0.307 e. The maximum absolute atomic E-state index is 11.5. The molecule has 156 valence electrons. The van der Waals surface area contributed by atoms with Crippen molar-refractivity contribution in [3.05, 3.63) is 12.7 Å². The fourth-order valence-corrected chi connectivity index (χ4v) is 4.36. The lowest BCUT2D eigenvalue weighted by Gasteiger charge is -2.39. The van der Waals surface area contributed by atoms with Crippen LogP contribution >= 0.6 is 0 Å². The number of nitrogens with zero attached hydrogens (tertiary/aromatic N) is 2. The Morgan fingerprint density at radius 1 is 1.11 bits per heavy atom. The third-order valence-electron chi connectivity index (χ3n) is 6.08. The lowest BCUT2D eigenvalue weighted by molar-refractivity contribution is -0.861. The van der Waals surface area contributed by atoms with Gasteiger partial charge in [-0.25, -0.2) is 4.99 Å². The minimum atomic E-state index is 0.0559. The van der Waals surface area contributed by atoms with E-state index < -0.39 is 0 Å². The van der Waals surface area contributed by atoms with Crippen LogP contribution in [-0.4, -0.2) is 42.0 Å². The van der Waals surface area contributed by atoms with Crippen LogP contribution in [0.4, 0.5) is 0 Å². The molecule has 0 radical (unpaired) electrons. The fourth-order valence-electron chi connectivity index (χ4n) is 4.36. The van der Waals surface area contributed by atoms with Crippen molar-refractivity contribution >= 4 is 11.7 Å². The van der Waals surface area contributed by atoms with Crippen molar-refractivity contribution in [1.82, 2.24) is 5.32 Å². The topological polar surface area (TPSA) is 41.5 Å². The number of unbranched alkanes of at least 4 members (excludes halogenated alkanes) is 10. The Kier molecular flexibility index (Phi) is 12.3. The van der Waals surface area contributed by atoms with Gasteiger partial charge in [0.05, 0.1) is 13.1 Å². The molecule has 0 bridgehead atoms. The predicted octanol–water partition coefficient (Wildman–Crippen LogP) is 5.58. The molecule has 4 heteroatoms. The van der Waals surface area contributed by atoms with Gasteiger partial charge in [-0.1, -0.05) is 57.4 Å². The molecule has 1 heterocycles. The molecule has 1 amide bonds. The first-order chi connectivity index (χ1) is 13.1. The summed E-state index contributed by atoms with van der Waals surface area (Å²) in [6.45, 7) is 12.7. The second kappa shape index (κ2) is 13.9. The molecule has 0 spiro atoms. The summed E-state index contributed by atoms with van der Waals surface area (Å²) in [5.41, 5.74) is 0. The van der Waals surface area contributed by atoms with E-state index in [1.54, 1.807) is 6.92 Å². The second-order valence-corrected chi connectivity index (χ2v) is 8.11. The molecule has 0 saturated carbocycles. The molecule has 0 aromatic carbocycles. The van der Waals surface area contributed by atoms with Crippen molar-refractivity contribution < 1.29 is 9.28 Å². The molecule has 0 aliphatic carbocycles. The van der Waals surface area contributed by atoms with Crippen molar-refractivity contribution in [2.24, 2.45) is 4.99 Å². The van der Waals surface area contributed by atoms with E-state index >= 15 is 0 Å². The van der Waals surface area contributed by atoms with Gasteiger partial charge in [-0.05, 0) is 26.2 Å². The van der Waals surface area contributed by atoms with Crippen LogP contribution in [0.15, 0.2) is 17.6 Å². The standard InChI is InChI=1S/C23H43N3O/c1-5-7-8-9-10-11-12-13-14-15-16-17-18-23-24-19-20-26(23,6-2)21(3)25-22(4)27/h5,21H,1,6-20H2,2-4H3/p+1. The number of nitrogens with one attached hydrogen (secondary N) is 1. The molecule has 27 heavy (non-hydrogen) atoms. The molecule has 0 aromatic heterocycles. The molecule has 0 aromatic rings. The van der Waals surface area contributed by atoms with E-state index in [-0.39, 0.29) is 12.1 Å².